The van der Waals surface area contributed by atoms with E-state index in [0.717, 1.165) is 32.3 Å². The molecular formula is C40H24O. The quantitative estimate of drug-likeness (QED) is 0.203. The summed E-state index contributed by atoms with van der Waals surface area (Å²) in [4.78, 5) is 0. The largest absolute Gasteiger partial charge is 0.455 e. The number of rotatable bonds is 2. The van der Waals surface area contributed by atoms with Crippen LogP contribution >= 0.6 is 0 Å². The molecule has 1 nitrogen and oxygen atoms in total. The Morgan fingerprint density at radius 1 is 0.415 bits per heavy atom. The van der Waals surface area contributed by atoms with Crippen LogP contribution < -0.4 is 0 Å². The van der Waals surface area contributed by atoms with Crippen molar-refractivity contribution in [3.05, 3.63) is 145 Å². The monoisotopic (exact) mass is 528 g/mol. The van der Waals surface area contributed by atoms with Crippen LogP contribution in [0, 0.1) is 0 Å². The molecular weight excluding hydrogens is 496 g/mol. The minimum Gasteiger partial charge on any atom is -0.455 e. The summed E-state index contributed by atoms with van der Waals surface area (Å²) in [6.45, 7) is 0. The van der Waals surface area contributed by atoms with Crippen molar-refractivity contribution in [3.63, 3.8) is 0 Å². The normalized spacial score (nSPS) is 14.6. The average Bonchev–Trinajstić information content (AvgIpc) is 3.49. The summed E-state index contributed by atoms with van der Waals surface area (Å²) < 4.78 is 78.9. The van der Waals surface area contributed by atoms with Crippen molar-refractivity contribution in [3.8, 4) is 22.3 Å². The van der Waals surface area contributed by atoms with Crippen molar-refractivity contribution in [1.29, 1.82) is 0 Å². The van der Waals surface area contributed by atoms with Gasteiger partial charge in [-0.25, -0.2) is 0 Å². The number of para-hydroxylation sites is 1. The molecule has 0 amide bonds. The van der Waals surface area contributed by atoms with Crippen LogP contribution in [0.15, 0.2) is 150 Å². The molecule has 41 heavy (non-hydrogen) atoms. The topological polar surface area (TPSA) is 13.1 Å². The van der Waals surface area contributed by atoms with E-state index in [-0.39, 0.29) is 51.3 Å². The third-order valence-corrected chi connectivity index (χ3v) is 8.07. The van der Waals surface area contributed by atoms with E-state index >= 15 is 0 Å². The number of fused-ring (bicyclic) bond motifs is 7. The third-order valence-electron chi connectivity index (χ3n) is 8.07. The van der Waals surface area contributed by atoms with Gasteiger partial charge in [0.15, 0.2) is 0 Å². The maximum absolute atomic E-state index is 9.33. The first-order chi connectivity index (χ1) is 23.7. The molecule has 8 aromatic carbocycles. The molecule has 0 unspecified atom stereocenters. The van der Waals surface area contributed by atoms with Crippen LogP contribution in [0.4, 0.5) is 0 Å². The zero-order valence-electron chi connectivity index (χ0n) is 29.6. The molecule has 0 saturated carbocycles. The van der Waals surface area contributed by atoms with E-state index in [0.29, 0.717) is 27.9 Å². The minimum atomic E-state index is -0.439. The molecule has 190 valence electrons. The summed E-state index contributed by atoms with van der Waals surface area (Å²) in [6, 6.07) is 27.8. The second-order valence-corrected chi connectivity index (χ2v) is 10.3. The number of furan rings is 1. The second-order valence-electron chi connectivity index (χ2n) is 10.3. The Kier molecular flexibility index (Phi) is 3.34. The van der Waals surface area contributed by atoms with Gasteiger partial charge in [0.05, 0.1) is 11.0 Å². The molecule has 9 rings (SSSR count). The molecule has 0 aliphatic carbocycles. The first-order valence-electron chi connectivity index (χ1n) is 17.5. The van der Waals surface area contributed by atoms with Gasteiger partial charge in [0.25, 0.3) is 0 Å². The molecule has 0 aliphatic heterocycles. The van der Waals surface area contributed by atoms with Crippen molar-refractivity contribution < 1.29 is 15.4 Å². The number of benzene rings is 8. The van der Waals surface area contributed by atoms with Crippen LogP contribution in [0.25, 0.3) is 87.3 Å². The summed E-state index contributed by atoms with van der Waals surface area (Å²) in [5.41, 5.74) is 2.74. The Labute approximate surface area is 248 Å². The molecule has 1 aromatic heterocycles. The maximum atomic E-state index is 9.33. The van der Waals surface area contributed by atoms with Crippen molar-refractivity contribution in [1.82, 2.24) is 0 Å². The van der Waals surface area contributed by atoms with Crippen LogP contribution in [-0.2, 0) is 0 Å². The molecule has 0 fully saturated rings. The first-order valence-corrected chi connectivity index (χ1v) is 13.5. The van der Waals surface area contributed by atoms with E-state index in [1.807, 2.05) is 84.9 Å². The molecule has 1 heteroatoms. The van der Waals surface area contributed by atoms with Gasteiger partial charge in [-0.3, -0.25) is 0 Å². The Balaban J connectivity index is 1.58. The standard InChI is InChI=1S/C40H24O/c1-2-13-27-24-37-36(23-26(27)12-1)34-21-10-22-35(40(34)41-37)39-32-18-7-5-16-30(32)38(31-17-6-8-19-33(31)39)29-20-9-14-25-11-3-4-15-28(25)29/h1-24H/i5D,6D,7D,8D,16D,17D,18D,19D. The van der Waals surface area contributed by atoms with Gasteiger partial charge >= 0.3 is 0 Å². The fourth-order valence-corrected chi connectivity index (χ4v) is 6.29. The lowest BCUT2D eigenvalue weighted by molar-refractivity contribution is 0.670. The average molecular weight is 529 g/mol. The number of hydrogen-bond donors (Lipinski definition) is 0. The fourth-order valence-electron chi connectivity index (χ4n) is 6.29. The van der Waals surface area contributed by atoms with Crippen LogP contribution in [0.1, 0.15) is 11.0 Å². The van der Waals surface area contributed by atoms with Gasteiger partial charge in [-0.2, -0.15) is 0 Å². The predicted molar refractivity (Wildman–Crippen MR) is 175 cm³/mol. The van der Waals surface area contributed by atoms with E-state index in [1.165, 1.54) is 0 Å². The Morgan fingerprint density at radius 3 is 1.63 bits per heavy atom. The fraction of sp³-hybridized carbons (Fsp3) is 0. The van der Waals surface area contributed by atoms with Crippen LogP contribution in [0.3, 0.4) is 0 Å². The molecule has 0 radical (unpaired) electrons. The van der Waals surface area contributed by atoms with Gasteiger partial charge in [-0.15, -0.1) is 0 Å². The highest BCUT2D eigenvalue weighted by Crippen LogP contribution is 2.47. The SMILES string of the molecule is [2H]c1c([2H])c([2H])c2c(-c3cccc4c3oc3cc5ccccc5cc34)c3c([2H])c([2H])c([2H])c([2H])c3c(-c3cccc4ccccc34)c2c1[2H]. The van der Waals surface area contributed by atoms with E-state index in [2.05, 4.69) is 6.07 Å². The highest BCUT2D eigenvalue weighted by molar-refractivity contribution is 6.26. The highest BCUT2D eigenvalue weighted by atomic mass is 16.3. The summed E-state index contributed by atoms with van der Waals surface area (Å²) in [7, 11) is 0. The van der Waals surface area contributed by atoms with Gasteiger partial charge in [0.2, 0.25) is 0 Å². The van der Waals surface area contributed by atoms with Crippen LogP contribution in [-0.4, -0.2) is 0 Å². The second kappa shape index (κ2) is 8.55. The van der Waals surface area contributed by atoms with Gasteiger partial charge in [-0.1, -0.05) is 133 Å². The summed E-state index contributed by atoms with van der Waals surface area (Å²) >= 11 is 0. The Morgan fingerprint density at radius 2 is 0.927 bits per heavy atom. The van der Waals surface area contributed by atoms with Crippen LogP contribution in [0.2, 0.25) is 0 Å². The molecule has 0 atom stereocenters. The lowest BCUT2D eigenvalue weighted by Crippen LogP contribution is -1.91. The zero-order valence-corrected chi connectivity index (χ0v) is 21.6. The van der Waals surface area contributed by atoms with E-state index in [9.17, 15) is 5.48 Å². The smallest absolute Gasteiger partial charge is 0.143 e. The van der Waals surface area contributed by atoms with Crippen molar-refractivity contribution in [2.24, 2.45) is 0 Å². The molecule has 0 saturated heterocycles. The van der Waals surface area contributed by atoms with E-state index < -0.39 is 24.2 Å². The van der Waals surface area contributed by atoms with Gasteiger partial charge < -0.3 is 4.42 Å². The van der Waals surface area contributed by atoms with E-state index in [1.54, 1.807) is 6.07 Å². The predicted octanol–water partition coefficient (Wildman–Crippen LogP) is 11.5. The molecule has 0 bridgehead atoms. The van der Waals surface area contributed by atoms with Crippen molar-refractivity contribution in [2.75, 3.05) is 0 Å². The van der Waals surface area contributed by atoms with Gasteiger partial charge in [-0.05, 0) is 66.3 Å². The molecule has 0 aliphatic rings. The Bertz CT molecular complexity index is 2840. The lowest BCUT2D eigenvalue weighted by atomic mass is 9.84. The number of hydrogen-bond acceptors (Lipinski definition) is 1. The molecule has 1 heterocycles. The third kappa shape index (κ3) is 3.24. The first kappa shape index (κ1) is 16.0. The zero-order chi connectivity index (χ0) is 33.9. The van der Waals surface area contributed by atoms with E-state index in [4.69, 9.17) is 9.90 Å². The summed E-state index contributed by atoms with van der Waals surface area (Å²) in [5, 5.41) is 5.99. The highest BCUT2D eigenvalue weighted by Gasteiger charge is 2.21. The minimum absolute atomic E-state index is 0.157. The van der Waals surface area contributed by atoms with Crippen molar-refractivity contribution in [2.45, 2.75) is 0 Å². The lowest BCUT2D eigenvalue weighted by Gasteiger charge is -2.18. The summed E-state index contributed by atoms with van der Waals surface area (Å²) in [5.74, 6) is 0. The Hall–Kier alpha value is -5.40. The maximum Gasteiger partial charge on any atom is 0.143 e. The van der Waals surface area contributed by atoms with Crippen LogP contribution in [0.5, 0.6) is 0 Å². The van der Waals surface area contributed by atoms with Crippen molar-refractivity contribution >= 4 is 65.0 Å². The molecule has 0 spiro atoms. The van der Waals surface area contributed by atoms with Gasteiger partial charge in [0.1, 0.15) is 11.2 Å². The molecule has 9 aromatic rings. The van der Waals surface area contributed by atoms with Gasteiger partial charge in [0, 0.05) is 21.9 Å². The summed E-state index contributed by atoms with van der Waals surface area (Å²) in [6.07, 6.45) is 0. The molecule has 0 N–H and O–H groups in total.